The Balaban J connectivity index is 1.25. The van der Waals surface area contributed by atoms with Crippen LogP contribution in [0.4, 0.5) is 0 Å². The SMILES string of the molecule is CC(C)[C@H](NC(=O)[C@@H]1Cc2c([nH]c3ccccc23)[C@@H]2c3ccccc3C(=O)N21)C(=O)NCCc1ccc(Cl)cc1. The molecule has 0 bridgehead atoms. The van der Waals surface area contributed by atoms with Gasteiger partial charge in [-0.15, -0.1) is 0 Å². The van der Waals surface area contributed by atoms with E-state index in [0.717, 1.165) is 33.3 Å². The summed E-state index contributed by atoms with van der Waals surface area (Å²) in [6.45, 7) is 4.24. The summed E-state index contributed by atoms with van der Waals surface area (Å²) in [4.78, 5) is 46.0. The number of amides is 3. The van der Waals surface area contributed by atoms with Crippen molar-refractivity contribution in [3.8, 4) is 0 Å². The first kappa shape index (κ1) is 26.1. The number of hydrogen-bond donors (Lipinski definition) is 3. The lowest BCUT2D eigenvalue weighted by Gasteiger charge is -2.38. The molecular formula is C32H31ClN4O3. The molecule has 0 aliphatic carbocycles. The smallest absolute Gasteiger partial charge is 0.255 e. The lowest BCUT2D eigenvalue weighted by atomic mass is 9.89. The van der Waals surface area contributed by atoms with Gasteiger partial charge in [0.05, 0.1) is 6.04 Å². The van der Waals surface area contributed by atoms with E-state index in [-0.39, 0.29) is 29.7 Å². The number of halogens is 1. The number of carbonyl (C=O) groups is 3. The molecule has 0 unspecified atom stereocenters. The van der Waals surface area contributed by atoms with Crippen molar-refractivity contribution >= 4 is 40.2 Å². The number of para-hydroxylation sites is 1. The topological polar surface area (TPSA) is 94.3 Å². The maximum atomic E-state index is 13.9. The quantitative estimate of drug-likeness (QED) is 0.306. The summed E-state index contributed by atoms with van der Waals surface area (Å²) in [6.07, 6.45) is 1.01. The number of hydrogen-bond acceptors (Lipinski definition) is 3. The fraction of sp³-hybridized carbons (Fsp3) is 0.281. The van der Waals surface area contributed by atoms with E-state index < -0.39 is 12.1 Å². The molecule has 0 saturated heterocycles. The number of nitrogens with one attached hydrogen (secondary N) is 3. The van der Waals surface area contributed by atoms with Crippen molar-refractivity contribution in [3.63, 3.8) is 0 Å². The van der Waals surface area contributed by atoms with E-state index in [1.807, 2.05) is 86.6 Å². The molecule has 0 fully saturated rings. The van der Waals surface area contributed by atoms with Gasteiger partial charge in [-0.05, 0) is 53.3 Å². The van der Waals surface area contributed by atoms with Crippen LogP contribution in [0, 0.1) is 5.92 Å². The maximum absolute atomic E-state index is 13.9. The Bertz CT molecular complexity index is 1610. The Hall–Kier alpha value is -4.10. The van der Waals surface area contributed by atoms with E-state index in [0.29, 0.717) is 30.0 Å². The number of rotatable bonds is 7. The third-order valence-electron chi connectivity index (χ3n) is 8.03. The Kier molecular flexibility index (Phi) is 6.84. The summed E-state index contributed by atoms with van der Waals surface area (Å²) in [7, 11) is 0. The van der Waals surface area contributed by atoms with Gasteiger partial charge in [0.25, 0.3) is 5.91 Å². The molecule has 6 rings (SSSR count). The molecule has 7 nitrogen and oxygen atoms in total. The summed E-state index contributed by atoms with van der Waals surface area (Å²) in [5.41, 5.74) is 5.52. The van der Waals surface area contributed by atoms with Gasteiger partial charge in [-0.2, -0.15) is 0 Å². The third-order valence-corrected chi connectivity index (χ3v) is 8.28. The van der Waals surface area contributed by atoms with Gasteiger partial charge >= 0.3 is 0 Å². The molecule has 3 N–H and O–H groups in total. The fourth-order valence-corrected chi connectivity index (χ4v) is 6.14. The molecule has 2 aliphatic rings. The minimum absolute atomic E-state index is 0.144. The second-order valence-corrected chi connectivity index (χ2v) is 11.3. The number of fused-ring (bicyclic) bond motifs is 7. The highest BCUT2D eigenvalue weighted by molar-refractivity contribution is 6.30. The number of carbonyl (C=O) groups excluding carboxylic acids is 3. The van der Waals surface area contributed by atoms with Gasteiger partial charge in [0, 0.05) is 40.1 Å². The fourth-order valence-electron chi connectivity index (χ4n) is 6.01. The summed E-state index contributed by atoms with van der Waals surface area (Å²) < 4.78 is 0. The van der Waals surface area contributed by atoms with Gasteiger partial charge in [0.2, 0.25) is 11.8 Å². The van der Waals surface area contributed by atoms with Gasteiger partial charge in [0.1, 0.15) is 12.1 Å². The monoisotopic (exact) mass is 554 g/mol. The van der Waals surface area contributed by atoms with Gasteiger partial charge in [-0.3, -0.25) is 14.4 Å². The molecule has 204 valence electrons. The Labute approximate surface area is 237 Å². The number of benzene rings is 3. The molecule has 1 aromatic heterocycles. The summed E-state index contributed by atoms with van der Waals surface area (Å²) in [6, 6.07) is 21.2. The molecule has 3 heterocycles. The van der Waals surface area contributed by atoms with Crippen molar-refractivity contribution in [1.29, 1.82) is 0 Å². The molecule has 3 atom stereocenters. The second-order valence-electron chi connectivity index (χ2n) is 10.9. The van der Waals surface area contributed by atoms with E-state index in [9.17, 15) is 14.4 Å². The van der Waals surface area contributed by atoms with E-state index in [1.54, 1.807) is 4.90 Å². The van der Waals surface area contributed by atoms with Crippen LogP contribution in [0.15, 0.2) is 72.8 Å². The predicted molar refractivity (Wildman–Crippen MR) is 155 cm³/mol. The number of aromatic nitrogens is 1. The highest BCUT2D eigenvalue weighted by atomic mass is 35.5. The standard InChI is InChI=1S/C32H31ClN4O3/c1-18(2)27(31(39)34-16-15-19-11-13-20(33)14-12-19)36-30(38)26-17-24-21-7-5-6-10-25(21)35-28(24)29-22-8-3-4-9-23(22)32(40)37(26)29/h3-14,18,26-27,29,35H,15-17H2,1-2H3,(H,34,39)(H,36,38)/t26-,27-,29-/m0/s1. The van der Waals surface area contributed by atoms with Crippen molar-refractivity contribution < 1.29 is 14.4 Å². The molecule has 3 aromatic carbocycles. The zero-order valence-electron chi connectivity index (χ0n) is 22.4. The average Bonchev–Trinajstić information content (AvgIpc) is 3.47. The van der Waals surface area contributed by atoms with Crippen LogP contribution in [0.25, 0.3) is 10.9 Å². The van der Waals surface area contributed by atoms with Crippen molar-refractivity contribution in [2.45, 2.75) is 44.8 Å². The molecule has 40 heavy (non-hydrogen) atoms. The van der Waals surface area contributed by atoms with E-state index >= 15 is 0 Å². The summed E-state index contributed by atoms with van der Waals surface area (Å²) in [5, 5.41) is 7.68. The first-order valence-electron chi connectivity index (χ1n) is 13.7. The molecule has 8 heteroatoms. The van der Waals surface area contributed by atoms with E-state index in [2.05, 4.69) is 15.6 Å². The van der Waals surface area contributed by atoms with Crippen molar-refractivity contribution in [2.75, 3.05) is 6.54 Å². The summed E-state index contributed by atoms with van der Waals surface area (Å²) in [5.74, 6) is -0.880. The minimum Gasteiger partial charge on any atom is -0.356 e. The maximum Gasteiger partial charge on any atom is 0.255 e. The molecule has 3 amide bonds. The van der Waals surface area contributed by atoms with Crippen LogP contribution < -0.4 is 10.6 Å². The zero-order chi connectivity index (χ0) is 28.0. The van der Waals surface area contributed by atoms with Crippen LogP contribution in [0.5, 0.6) is 0 Å². The highest BCUT2D eigenvalue weighted by Gasteiger charge is 2.49. The third kappa shape index (κ3) is 4.54. The first-order chi connectivity index (χ1) is 19.3. The minimum atomic E-state index is -0.750. The Morgan fingerprint density at radius 2 is 1.75 bits per heavy atom. The molecule has 2 aliphatic heterocycles. The molecule has 4 aromatic rings. The average molecular weight is 555 g/mol. The number of nitrogens with zero attached hydrogens (tertiary/aromatic N) is 1. The molecule has 0 radical (unpaired) electrons. The second kappa shape index (κ2) is 10.5. The van der Waals surface area contributed by atoms with Gasteiger partial charge in [0.15, 0.2) is 0 Å². The molecular weight excluding hydrogens is 524 g/mol. The Morgan fingerprint density at radius 1 is 1.02 bits per heavy atom. The van der Waals surface area contributed by atoms with E-state index in [4.69, 9.17) is 11.6 Å². The van der Waals surface area contributed by atoms with Crippen molar-refractivity contribution in [2.24, 2.45) is 5.92 Å². The van der Waals surface area contributed by atoms with Crippen LogP contribution in [-0.2, 0) is 22.4 Å². The zero-order valence-corrected chi connectivity index (χ0v) is 23.2. The molecule has 0 saturated carbocycles. The Morgan fingerprint density at radius 3 is 2.52 bits per heavy atom. The highest BCUT2D eigenvalue weighted by Crippen LogP contribution is 2.46. The predicted octanol–water partition coefficient (Wildman–Crippen LogP) is 4.79. The van der Waals surface area contributed by atoms with Gasteiger partial charge < -0.3 is 20.5 Å². The first-order valence-corrected chi connectivity index (χ1v) is 14.0. The number of aromatic amines is 1. The van der Waals surface area contributed by atoms with Crippen LogP contribution in [0.3, 0.4) is 0 Å². The lowest BCUT2D eigenvalue weighted by Crippen LogP contribution is -2.57. The van der Waals surface area contributed by atoms with Crippen molar-refractivity contribution in [1.82, 2.24) is 20.5 Å². The van der Waals surface area contributed by atoms with Gasteiger partial charge in [-0.25, -0.2) is 0 Å². The van der Waals surface area contributed by atoms with Crippen LogP contribution in [-0.4, -0.2) is 46.2 Å². The van der Waals surface area contributed by atoms with E-state index in [1.165, 1.54) is 0 Å². The normalized spacial score (nSPS) is 18.3. The van der Waals surface area contributed by atoms with Crippen LogP contribution >= 0.6 is 11.6 Å². The van der Waals surface area contributed by atoms with Crippen LogP contribution in [0.2, 0.25) is 5.02 Å². The molecule has 0 spiro atoms. The largest absolute Gasteiger partial charge is 0.356 e. The summed E-state index contributed by atoms with van der Waals surface area (Å²) >= 11 is 5.97. The van der Waals surface area contributed by atoms with Crippen molar-refractivity contribution in [3.05, 3.63) is 106 Å². The lowest BCUT2D eigenvalue weighted by molar-refractivity contribution is -0.132. The number of H-pyrrole nitrogens is 1. The van der Waals surface area contributed by atoms with Crippen LogP contribution in [0.1, 0.15) is 52.6 Å². The van der Waals surface area contributed by atoms with Gasteiger partial charge in [-0.1, -0.05) is 74.0 Å².